The number of halogens is 1. The number of para-hydroxylation sites is 3. The van der Waals surface area contributed by atoms with Crippen LogP contribution in [0.3, 0.4) is 0 Å². The number of nitrogens with zero attached hydrogens (tertiary/aromatic N) is 2. The first-order chi connectivity index (χ1) is 12.2. The molecule has 0 aliphatic rings. The van der Waals surface area contributed by atoms with E-state index in [1.807, 2.05) is 42.5 Å². The molecule has 4 rings (SSSR count). The third-order valence-electron chi connectivity index (χ3n) is 4.01. The number of carbonyl (C=O) groups is 1. The Kier molecular flexibility index (Phi) is 4.19. The summed E-state index contributed by atoms with van der Waals surface area (Å²) in [5.74, 6) is 0.734. The van der Waals surface area contributed by atoms with Crippen LogP contribution in [-0.4, -0.2) is 27.4 Å². The van der Waals surface area contributed by atoms with E-state index >= 15 is 0 Å². The smallest absolute Gasteiger partial charge is 0.253 e. The van der Waals surface area contributed by atoms with Crippen LogP contribution in [0, 0.1) is 0 Å². The van der Waals surface area contributed by atoms with E-state index in [0.717, 1.165) is 26.7 Å². The van der Waals surface area contributed by atoms with Crippen molar-refractivity contribution in [1.82, 2.24) is 20.3 Å². The summed E-state index contributed by atoms with van der Waals surface area (Å²) in [4.78, 5) is 24.7. The number of carbonyl (C=O) groups excluding carboxylic acids is 1. The summed E-state index contributed by atoms with van der Waals surface area (Å²) in [6.07, 6.45) is 2.34. The highest BCUT2D eigenvalue weighted by atomic mass is 79.9. The van der Waals surface area contributed by atoms with Gasteiger partial charge in [0.2, 0.25) is 0 Å². The Bertz CT molecular complexity index is 1040. The summed E-state index contributed by atoms with van der Waals surface area (Å²) in [6, 6.07) is 15.4. The number of rotatable bonds is 4. The van der Waals surface area contributed by atoms with Crippen LogP contribution in [0.25, 0.3) is 21.9 Å². The summed E-state index contributed by atoms with van der Waals surface area (Å²) in [5.41, 5.74) is 3.22. The molecule has 2 heterocycles. The number of nitrogens with one attached hydrogen (secondary N) is 2. The average Bonchev–Trinajstić information content (AvgIpc) is 3.03. The van der Waals surface area contributed by atoms with E-state index in [0.29, 0.717) is 24.0 Å². The Hall–Kier alpha value is -2.73. The standard InChI is InChI=1S/C19H15BrN4O/c20-13-10-12-4-3-5-14(18(12)22-11-13)19(25)21-9-8-17-23-15-6-1-2-7-16(15)24-17/h1-7,10-11H,8-9H2,(H,21,25)(H,23,24). The molecule has 2 aromatic carbocycles. The van der Waals surface area contributed by atoms with Crippen molar-refractivity contribution < 1.29 is 4.79 Å². The quantitative estimate of drug-likeness (QED) is 0.552. The van der Waals surface area contributed by atoms with Gasteiger partial charge in [-0.3, -0.25) is 9.78 Å². The Morgan fingerprint density at radius 1 is 1.16 bits per heavy atom. The highest BCUT2D eigenvalue weighted by Crippen LogP contribution is 2.20. The minimum atomic E-state index is -0.128. The van der Waals surface area contributed by atoms with Crippen molar-refractivity contribution in [3.63, 3.8) is 0 Å². The summed E-state index contributed by atoms with van der Waals surface area (Å²) in [7, 11) is 0. The molecule has 0 atom stereocenters. The maximum Gasteiger partial charge on any atom is 0.253 e. The Balaban J connectivity index is 1.47. The van der Waals surface area contributed by atoms with Gasteiger partial charge < -0.3 is 10.3 Å². The molecule has 0 spiro atoms. The van der Waals surface area contributed by atoms with Gasteiger partial charge in [0.05, 0.1) is 22.1 Å². The Morgan fingerprint density at radius 3 is 2.92 bits per heavy atom. The lowest BCUT2D eigenvalue weighted by Gasteiger charge is -2.07. The highest BCUT2D eigenvalue weighted by Gasteiger charge is 2.11. The molecule has 0 fully saturated rings. The topological polar surface area (TPSA) is 70.7 Å². The molecule has 25 heavy (non-hydrogen) atoms. The molecule has 0 saturated carbocycles. The van der Waals surface area contributed by atoms with E-state index in [2.05, 4.69) is 36.2 Å². The van der Waals surface area contributed by atoms with Gasteiger partial charge in [0.15, 0.2) is 0 Å². The summed E-state index contributed by atoms with van der Waals surface area (Å²) in [5, 5.41) is 3.88. The van der Waals surface area contributed by atoms with Crippen LogP contribution in [0.1, 0.15) is 16.2 Å². The molecule has 0 aliphatic heterocycles. The van der Waals surface area contributed by atoms with Gasteiger partial charge in [0, 0.05) is 29.0 Å². The number of hydrogen-bond acceptors (Lipinski definition) is 3. The van der Waals surface area contributed by atoms with E-state index in [-0.39, 0.29) is 5.91 Å². The summed E-state index contributed by atoms with van der Waals surface area (Å²) >= 11 is 3.40. The van der Waals surface area contributed by atoms with Crippen molar-refractivity contribution in [3.05, 3.63) is 70.6 Å². The normalized spacial score (nSPS) is 11.1. The van der Waals surface area contributed by atoms with Crippen LogP contribution < -0.4 is 5.32 Å². The van der Waals surface area contributed by atoms with E-state index < -0.39 is 0 Å². The minimum absolute atomic E-state index is 0.128. The van der Waals surface area contributed by atoms with Gasteiger partial charge in [-0.25, -0.2) is 4.98 Å². The molecule has 0 saturated heterocycles. The van der Waals surface area contributed by atoms with Gasteiger partial charge in [-0.15, -0.1) is 0 Å². The molecule has 2 aromatic heterocycles. The maximum absolute atomic E-state index is 12.5. The van der Waals surface area contributed by atoms with Crippen LogP contribution >= 0.6 is 15.9 Å². The maximum atomic E-state index is 12.5. The third-order valence-corrected chi connectivity index (χ3v) is 4.44. The van der Waals surface area contributed by atoms with E-state index in [1.54, 1.807) is 12.3 Å². The molecule has 0 bridgehead atoms. The second-order valence-corrected chi connectivity index (χ2v) is 6.65. The number of aromatic amines is 1. The van der Waals surface area contributed by atoms with Crippen molar-refractivity contribution >= 4 is 43.8 Å². The summed E-state index contributed by atoms with van der Waals surface area (Å²) in [6.45, 7) is 0.506. The number of pyridine rings is 1. The predicted molar refractivity (Wildman–Crippen MR) is 102 cm³/mol. The Labute approximate surface area is 152 Å². The molecule has 1 amide bonds. The van der Waals surface area contributed by atoms with Gasteiger partial charge in [-0.1, -0.05) is 24.3 Å². The largest absolute Gasteiger partial charge is 0.352 e. The highest BCUT2D eigenvalue weighted by molar-refractivity contribution is 9.10. The van der Waals surface area contributed by atoms with Crippen molar-refractivity contribution in [2.24, 2.45) is 0 Å². The fraction of sp³-hybridized carbons (Fsp3) is 0.105. The molecule has 0 radical (unpaired) electrons. The van der Waals surface area contributed by atoms with Crippen LogP contribution in [0.5, 0.6) is 0 Å². The minimum Gasteiger partial charge on any atom is -0.352 e. The lowest BCUT2D eigenvalue weighted by atomic mass is 10.1. The van der Waals surface area contributed by atoms with Crippen molar-refractivity contribution in [2.75, 3.05) is 6.54 Å². The number of fused-ring (bicyclic) bond motifs is 2. The zero-order chi connectivity index (χ0) is 17.2. The fourth-order valence-corrected chi connectivity index (χ4v) is 3.18. The van der Waals surface area contributed by atoms with E-state index in [4.69, 9.17) is 0 Å². The molecule has 2 N–H and O–H groups in total. The van der Waals surface area contributed by atoms with Crippen molar-refractivity contribution in [3.8, 4) is 0 Å². The molecule has 4 aromatic rings. The van der Waals surface area contributed by atoms with E-state index in [1.165, 1.54) is 0 Å². The first-order valence-electron chi connectivity index (χ1n) is 7.97. The van der Waals surface area contributed by atoms with Gasteiger partial charge in [0.1, 0.15) is 5.82 Å². The van der Waals surface area contributed by atoms with E-state index in [9.17, 15) is 4.79 Å². The first kappa shape index (κ1) is 15.8. The second-order valence-electron chi connectivity index (χ2n) is 5.74. The van der Waals surface area contributed by atoms with Crippen LogP contribution in [-0.2, 0) is 6.42 Å². The molecule has 0 aliphatic carbocycles. The SMILES string of the molecule is O=C(NCCc1nc2ccccc2[nH]1)c1cccc2cc(Br)cnc12. The molecular formula is C19H15BrN4O. The lowest BCUT2D eigenvalue weighted by Crippen LogP contribution is -2.26. The van der Waals surface area contributed by atoms with Gasteiger partial charge >= 0.3 is 0 Å². The monoisotopic (exact) mass is 394 g/mol. The second kappa shape index (κ2) is 6.64. The lowest BCUT2D eigenvalue weighted by molar-refractivity contribution is 0.0955. The number of hydrogen-bond donors (Lipinski definition) is 2. The Morgan fingerprint density at radius 2 is 2.04 bits per heavy atom. The van der Waals surface area contributed by atoms with Crippen LogP contribution in [0.4, 0.5) is 0 Å². The zero-order valence-corrected chi connectivity index (χ0v) is 14.9. The zero-order valence-electron chi connectivity index (χ0n) is 13.3. The molecular weight excluding hydrogens is 380 g/mol. The number of benzene rings is 2. The predicted octanol–water partition coefficient (Wildman–Crippen LogP) is 3.85. The number of aromatic nitrogens is 3. The van der Waals surface area contributed by atoms with Gasteiger partial charge in [0.25, 0.3) is 5.91 Å². The molecule has 6 heteroatoms. The van der Waals surface area contributed by atoms with Gasteiger partial charge in [-0.2, -0.15) is 0 Å². The first-order valence-corrected chi connectivity index (χ1v) is 8.76. The van der Waals surface area contributed by atoms with Crippen LogP contribution in [0.2, 0.25) is 0 Å². The van der Waals surface area contributed by atoms with Crippen LogP contribution in [0.15, 0.2) is 59.2 Å². The third kappa shape index (κ3) is 3.25. The number of amides is 1. The average molecular weight is 395 g/mol. The van der Waals surface area contributed by atoms with Crippen molar-refractivity contribution in [2.45, 2.75) is 6.42 Å². The fourth-order valence-electron chi connectivity index (χ4n) is 2.83. The van der Waals surface area contributed by atoms with Gasteiger partial charge in [-0.05, 0) is 40.2 Å². The number of imidazole rings is 1. The number of H-pyrrole nitrogens is 1. The van der Waals surface area contributed by atoms with Crippen molar-refractivity contribution in [1.29, 1.82) is 0 Å². The molecule has 124 valence electrons. The molecule has 5 nitrogen and oxygen atoms in total. The summed E-state index contributed by atoms with van der Waals surface area (Å²) < 4.78 is 0.891. The molecule has 0 unspecified atom stereocenters.